The van der Waals surface area contributed by atoms with Crippen LogP contribution in [0, 0.1) is 0 Å². The van der Waals surface area contributed by atoms with Gasteiger partial charge in [0.15, 0.2) is 0 Å². The van der Waals surface area contributed by atoms with Crippen LogP contribution in [0.5, 0.6) is 0 Å². The molecule has 0 aliphatic rings. The van der Waals surface area contributed by atoms with Crippen molar-refractivity contribution in [1.82, 2.24) is 0 Å². The molecule has 0 amide bonds. The van der Waals surface area contributed by atoms with E-state index in [1.54, 1.807) is 0 Å². The van der Waals surface area contributed by atoms with E-state index in [0.717, 1.165) is 4.47 Å². The van der Waals surface area contributed by atoms with E-state index in [9.17, 15) is 8.78 Å². The molecule has 0 atom stereocenters. The van der Waals surface area contributed by atoms with Crippen LogP contribution >= 0.6 is 43.5 Å². The number of alkyl halides is 3. The minimum atomic E-state index is -3.32. The molecule has 12 heavy (non-hydrogen) atoms. The van der Waals surface area contributed by atoms with E-state index in [-0.39, 0.29) is 10.0 Å². The standard InChI is InChI=1S/C7H3Br2ClF2/c8-4-1-2-5(6(9)3-4)7(10,11)12/h1-3H. The second-order valence-corrected chi connectivity index (χ2v) is 4.37. The molecule has 1 aromatic rings. The first-order valence-electron chi connectivity index (χ1n) is 2.93. The van der Waals surface area contributed by atoms with Crippen molar-refractivity contribution in [3.05, 3.63) is 32.7 Å². The molecule has 0 nitrogen and oxygen atoms in total. The molecule has 66 valence electrons. The summed E-state index contributed by atoms with van der Waals surface area (Å²) in [6.07, 6.45) is 0. The lowest BCUT2D eigenvalue weighted by Gasteiger charge is -2.09. The molecule has 0 spiro atoms. The van der Waals surface area contributed by atoms with Crippen LogP contribution < -0.4 is 0 Å². The monoisotopic (exact) mass is 318 g/mol. The van der Waals surface area contributed by atoms with Crippen molar-refractivity contribution in [2.24, 2.45) is 0 Å². The molecule has 1 rings (SSSR count). The molecule has 0 bridgehead atoms. The van der Waals surface area contributed by atoms with Gasteiger partial charge in [-0.3, -0.25) is 0 Å². The normalized spacial score (nSPS) is 11.8. The fraction of sp³-hybridized carbons (Fsp3) is 0.143. The summed E-state index contributed by atoms with van der Waals surface area (Å²) in [5, 5.41) is -3.32. The zero-order valence-corrected chi connectivity index (χ0v) is 9.55. The Morgan fingerprint density at radius 3 is 2.25 bits per heavy atom. The predicted octanol–water partition coefficient (Wildman–Crippen LogP) is 4.50. The van der Waals surface area contributed by atoms with Gasteiger partial charge in [0.25, 0.3) is 0 Å². The summed E-state index contributed by atoms with van der Waals surface area (Å²) in [5.41, 5.74) is -0.229. The van der Waals surface area contributed by atoms with E-state index in [1.165, 1.54) is 18.2 Å². The molecule has 0 fully saturated rings. The van der Waals surface area contributed by atoms with E-state index in [4.69, 9.17) is 11.6 Å². The summed E-state index contributed by atoms with van der Waals surface area (Å²) < 4.78 is 26.1. The van der Waals surface area contributed by atoms with E-state index >= 15 is 0 Å². The molecule has 0 aliphatic carbocycles. The molecule has 0 unspecified atom stereocenters. The fourth-order valence-corrected chi connectivity index (χ4v) is 2.29. The highest BCUT2D eigenvalue weighted by molar-refractivity contribution is 9.11. The van der Waals surface area contributed by atoms with Gasteiger partial charge in [0.05, 0.1) is 5.56 Å². The first-order valence-corrected chi connectivity index (χ1v) is 4.90. The number of halogens is 5. The molecule has 1 aromatic carbocycles. The largest absolute Gasteiger partial charge is 0.349 e. The maximum absolute atomic E-state index is 12.6. The Morgan fingerprint density at radius 1 is 1.25 bits per heavy atom. The molecule has 0 heterocycles. The minimum Gasteiger partial charge on any atom is -0.183 e. The van der Waals surface area contributed by atoms with Crippen molar-refractivity contribution in [3.63, 3.8) is 0 Å². The third kappa shape index (κ3) is 2.41. The van der Waals surface area contributed by atoms with Gasteiger partial charge >= 0.3 is 5.38 Å². The molecule has 5 heteroatoms. The molecule has 0 aliphatic heterocycles. The van der Waals surface area contributed by atoms with Crippen LogP contribution in [-0.2, 0) is 5.38 Å². The fourth-order valence-electron chi connectivity index (χ4n) is 0.719. The number of rotatable bonds is 1. The van der Waals surface area contributed by atoms with E-state index in [2.05, 4.69) is 31.9 Å². The molecule has 0 saturated carbocycles. The van der Waals surface area contributed by atoms with Crippen molar-refractivity contribution in [2.75, 3.05) is 0 Å². The van der Waals surface area contributed by atoms with Gasteiger partial charge in [0.2, 0.25) is 0 Å². The Kier molecular flexibility index (Phi) is 3.12. The first kappa shape index (κ1) is 10.4. The zero-order valence-electron chi connectivity index (χ0n) is 5.62. The highest BCUT2D eigenvalue weighted by atomic mass is 79.9. The second-order valence-electron chi connectivity index (χ2n) is 2.12. The topological polar surface area (TPSA) is 0 Å². The maximum atomic E-state index is 12.6. The van der Waals surface area contributed by atoms with Crippen LogP contribution in [0.2, 0.25) is 0 Å². The minimum absolute atomic E-state index is 0.229. The zero-order chi connectivity index (χ0) is 9.35. The Morgan fingerprint density at radius 2 is 1.83 bits per heavy atom. The number of hydrogen-bond donors (Lipinski definition) is 0. The van der Waals surface area contributed by atoms with Gasteiger partial charge in [-0.15, -0.1) is 0 Å². The van der Waals surface area contributed by atoms with Crippen LogP contribution in [0.25, 0.3) is 0 Å². The molecule has 0 N–H and O–H groups in total. The smallest absolute Gasteiger partial charge is 0.183 e. The van der Waals surface area contributed by atoms with Crippen molar-refractivity contribution < 1.29 is 8.78 Å². The summed E-state index contributed by atoms with van der Waals surface area (Å²) in [7, 11) is 0. The average molecular weight is 320 g/mol. The molecule has 0 radical (unpaired) electrons. The molecular weight excluding hydrogens is 317 g/mol. The Bertz CT molecular complexity index is 296. The lowest BCUT2D eigenvalue weighted by Crippen LogP contribution is -2.03. The number of hydrogen-bond acceptors (Lipinski definition) is 0. The third-order valence-electron chi connectivity index (χ3n) is 1.24. The number of benzene rings is 1. The average Bonchev–Trinajstić information content (AvgIpc) is 1.83. The van der Waals surface area contributed by atoms with E-state index in [0.29, 0.717) is 0 Å². The van der Waals surface area contributed by atoms with Crippen LogP contribution in [0.1, 0.15) is 5.56 Å². The van der Waals surface area contributed by atoms with Crippen molar-refractivity contribution in [2.45, 2.75) is 5.38 Å². The Labute approximate surface area is 90.2 Å². The van der Waals surface area contributed by atoms with Crippen molar-refractivity contribution >= 4 is 43.5 Å². The summed E-state index contributed by atoms with van der Waals surface area (Å²) in [6.45, 7) is 0. The lowest BCUT2D eigenvalue weighted by molar-refractivity contribution is 0.0943. The van der Waals surface area contributed by atoms with Crippen LogP contribution in [0.15, 0.2) is 27.1 Å². The Balaban J connectivity index is 3.19. The predicted molar refractivity (Wildman–Crippen MR) is 51.6 cm³/mol. The van der Waals surface area contributed by atoms with E-state index < -0.39 is 5.38 Å². The van der Waals surface area contributed by atoms with Crippen molar-refractivity contribution in [1.29, 1.82) is 0 Å². The van der Waals surface area contributed by atoms with Gasteiger partial charge in [0.1, 0.15) is 0 Å². The Hall–Kier alpha value is 0.330. The van der Waals surface area contributed by atoms with E-state index in [1.807, 2.05) is 0 Å². The highest BCUT2D eigenvalue weighted by Crippen LogP contribution is 2.37. The van der Waals surface area contributed by atoms with Crippen LogP contribution in [0.3, 0.4) is 0 Å². The van der Waals surface area contributed by atoms with Gasteiger partial charge < -0.3 is 0 Å². The summed E-state index contributed by atoms with van der Waals surface area (Å²) in [5.74, 6) is 0. The van der Waals surface area contributed by atoms with Gasteiger partial charge in [-0.2, -0.15) is 8.78 Å². The first-order chi connectivity index (χ1) is 5.41. The van der Waals surface area contributed by atoms with Gasteiger partial charge in [-0.05, 0) is 29.8 Å². The molecule has 0 saturated heterocycles. The summed E-state index contributed by atoms with van der Waals surface area (Å²) >= 11 is 11.0. The quantitative estimate of drug-likeness (QED) is 0.668. The third-order valence-corrected chi connectivity index (χ3v) is 2.59. The van der Waals surface area contributed by atoms with Crippen LogP contribution in [0.4, 0.5) is 8.78 Å². The maximum Gasteiger partial charge on any atom is 0.349 e. The summed E-state index contributed by atoms with van der Waals surface area (Å²) in [6, 6.07) is 4.29. The summed E-state index contributed by atoms with van der Waals surface area (Å²) in [4.78, 5) is 0. The van der Waals surface area contributed by atoms with Gasteiger partial charge in [-0.25, -0.2) is 0 Å². The molecule has 0 aromatic heterocycles. The molecular formula is C7H3Br2ClF2. The highest BCUT2D eigenvalue weighted by Gasteiger charge is 2.29. The van der Waals surface area contributed by atoms with Gasteiger partial charge in [0, 0.05) is 8.95 Å². The van der Waals surface area contributed by atoms with Crippen molar-refractivity contribution in [3.8, 4) is 0 Å². The second kappa shape index (κ2) is 3.60. The van der Waals surface area contributed by atoms with Crippen LogP contribution in [-0.4, -0.2) is 0 Å². The SMILES string of the molecule is FC(F)(Cl)c1ccc(Br)cc1Br. The lowest BCUT2D eigenvalue weighted by atomic mass is 10.2. The van der Waals surface area contributed by atoms with Gasteiger partial charge in [-0.1, -0.05) is 31.9 Å².